The van der Waals surface area contributed by atoms with Crippen molar-refractivity contribution in [1.29, 1.82) is 0 Å². The number of alkyl halides is 1. The first kappa shape index (κ1) is 12.1. The Morgan fingerprint density at radius 3 is 2.73 bits per heavy atom. The molecule has 1 heterocycles. The molecule has 1 amide bonds. The summed E-state index contributed by atoms with van der Waals surface area (Å²) in [6.45, 7) is 3.83. The molecule has 0 saturated carbocycles. The van der Waals surface area contributed by atoms with E-state index in [1.165, 1.54) is 12.1 Å². The lowest BCUT2D eigenvalue weighted by Crippen LogP contribution is -2.27. The summed E-state index contributed by atoms with van der Waals surface area (Å²) in [5.41, 5.74) is 0. The van der Waals surface area contributed by atoms with Crippen molar-refractivity contribution in [3.05, 3.63) is 24.1 Å². The van der Waals surface area contributed by atoms with Gasteiger partial charge in [-0.1, -0.05) is 35.8 Å². The quantitative estimate of drug-likeness (QED) is 0.680. The number of amides is 1. The minimum absolute atomic E-state index is 0.165. The Labute approximate surface area is 96.2 Å². The third kappa shape index (κ3) is 3.58. The lowest BCUT2D eigenvalue weighted by atomic mass is 10.1. The Hall–Kier alpha value is -0.970. The Morgan fingerprint density at radius 2 is 2.20 bits per heavy atom. The highest BCUT2D eigenvalue weighted by Gasteiger charge is 2.18. The fourth-order valence-corrected chi connectivity index (χ4v) is 1.09. The Morgan fingerprint density at radius 1 is 1.53 bits per heavy atom. The first-order valence-electron chi connectivity index (χ1n) is 4.58. The van der Waals surface area contributed by atoms with Crippen molar-refractivity contribution in [2.24, 2.45) is 5.92 Å². The van der Waals surface area contributed by atoms with Gasteiger partial charge in [0.05, 0.1) is 4.83 Å². The van der Waals surface area contributed by atoms with Gasteiger partial charge in [0.15, 0.2) is 0 Å². The molecule has 0 bridgehead atoms. The Balaban J connectivity index is 2.66. The van der Waals surface area contributed by atoms with E-state index in [1.807, 2.05) is 13.8 Å². The van der Waals surface area contributed by atoms with Crippen molar-refractivity contribution in [1.82, 2.24) is 4.98 Å². The number of hydrogen-bond acceptors (Lipinski definition) is 2. The Bertz CT molecular complexity index is 357. The largest absolute Gasteiger partial charge is 0.310 e. The molecule has 0 saturated heterocycles. The molecule has 0 aliphatic carbocycles. The van der Waals surface area contributed by atoms with Gasteiger partial charge in [-0.25, -0.2) is 4.98 Å². The van der Waals surface area contributed by atoms with Crippen LogP contribution in [-0.2, 0) is 4.79 Å². The van der Waals surface area contributed by atoms with Crippen molar-refractivity contribution >= 4 is 27.7 Å². The van der Waals surface area contributed by atoms with Gasteiger partial charge in [0.2, 0.25) is 11.9 Å². The number of anilines is 1. The molecule has 15 heavy (non-hydrogen) atoms. The summed E-state index contributed by atoms with van der Waals surface area (Å²) in [6, 6.07) is 4.27. The second-order valence-corrected chi connectivity index (χ2v) is 4.47. The summed E-state index contributed by atoms with van der Waals surface area (Å²) in [4.78, 5) is 14.8. The number of carbonyl (C=O) groups excluding carboxylic acids is 1. The van der Waals surface area contributed by atoms with Gasteiger partial charge < -0.3 is 5.32 Å². The minimum Gasteiger partial charge on any atom is -0.310 e. The van der Waals surface area contributed by atoms with Crippen LogP contribution in [0.4, 0.5) is 10.2 Å². The molecular weight excluding hydrogens is 263 g/mol. The molecule has 0 aliphatic rings. The second-order valence-electron chi connectivity index (χ2n) is 3.48. The predicted octanol–water partition coefficient (Wildman–Crippen LogP) is 2.58. The number of pyridine rings is 1. The van der Waals surface area contributed by atoms with Crippen LogP contribution in [0, 0.1) is 11.9 Å². The standard InChI is InChI=1S/C10H12BrFN2O/c1-6(2)9(11)10(15)14-8-5-3-4-7(12)13-8/h3-6,9H,1-2H3,(H,13,14,15). The third-order valence-electron chi connectivity index (χ3n) is 1.80. The van der Waals surface area contributed by atoms with Gasteiger partial charge in [-0.15, -0.1) is 0 Å². The summed E-state index contributed by atoms with van der Waals surface area (Å²) >= 11 is 3.25. The van der Waals surface area contributed by atoms with Crippen LogP contribution in [0.1, 0.15) is 13.8 Å². The molecule has 1 aromatic heterocycles. The van der Waals surface area contributed by atoms with Crippen LogP contribution in [0.25, 0.3) is 0 Å². The number of nitrogens with zero attached hydrogens (tertiary/aromatic N) is 1. The highest BCUT2D eigenvalue weighted by molar-refractivity contribution is 9.10. The molecule has 0 aromatic carbocycles. The van der Waals surface area contributed by atoms with Gasteiger partial charge in [0.1, 0.15) is 5.82 Å². The summed E-state index contributed by atoms with van der Waals surface area (Å²) in [6.07, 6.45) is 0. The molecule has 1 unspecified atom stereocenters. The monoisotopic (exact) mass is 274 g/mol. The van der Waals surface area contributed by atoms with Gasteiger partial charge >= 0.3 is 0 Å². The highest BCUT2D eigenvalue weighted by atomic mass is 79.9. The van der Waals surface area contributed by atoms with E-state index in [-0.39, 0.29) is 22.5 Å². The van der Waals surface area contributed by atoms with Crippen molar-refractivity contribution < 1.29 is 9.18 Å². The maximum Gasteiger partial charge on any atom is 0.239 e. The average Bonchev–Trinajstić information content (AvgIpc) is 2.16. The van der Waals surface area contributed by atoms with E-state index in [0.717, 1.165) is 0 Å². The Kier molecular flexibility index (Phi) is 4.20. The maximum absolute atomic E-state index is 12.7. The summed E-state index contributed by atoms with van der Waals surface area (Å²) < 4.78 is 12.7. The fourth-order valence-electron chi connectivity index (χ4n) is 0.976. The first-order chi connectivity index (χ1) is 7.00. The van der Waals surface area contributed by atoms with Crippen LogP contribution in [-0.4, -0.2) is 15.7 Å². The zero-order valence-corrected chi connectivity index (χ0v) is 10.1. The number of carbonyl (C=O) groups is 1. The van der Waals surface area contributed by atoms with Crippen molar-refractivity contribution in [2.45, 2.75) is 18.7 Å². The topological polar surface area (TPSA) is 42.0 Å². The normalized spacial score (nSPS) is 12.6. The average molecular weight is 275 g/mol. The molecule has 5 heteroatoms. The predicted molar refractivity (Wildman–Crippen MR) is 60.4 cm³/mol. The number of aromatic nitrogens is 1. The van der Waals surface area contributed by atoms with Crippen LogP contribution >= 0.6 is 15.9 Å². The molecule has 0 fully saturated rings. The van der Waals surface area contributed by atoms with E-state index in [9.17, 15) is 9.18 Å². The SMILES string of the molecule is CC(C)C(Br)C(=O)Nc1cccc(F)n1. The number of nitrogens with one attached hydrogen (secondary N) is 1. The molecule has 82 valence electrons. The molecular formula is C10H12BrFN2O. The highest BCUT2D eigenvalue weighted by Crippen LogP contribution is 2.14. The van der Waals surface area contributed by atoms with E-state index >= 15 is 0 Å². The lowest BCUT2D eigenvalue weighted by molar-refractivity contribution is -0.116. The van der Waals surface area contributed by atoms with Crippen LogP contribution in [0.5, 0.6) is 0 Å². The van der Waals surface area contributed by atoms with Crippen molar-refractivity contribution in [3.8, 4) is 0 Å². The van der Waals surface area contributed by atoms with E-state index in [4.69, 9.17) is 0 Å². The zero-order valence-electron chi connectivity index (χ0n) is 8.50. The van der Waals surface area contributed by atoms with E-state index in [1.54, 1.807) is 6.07 Å². The maximum atomic E-state index is 12.7. The first-order valence-corrected chi connectivity index (χ1v) is 5.49. The van der Waals surface area contributed by atoms with E-state index in [0.29, 0.717) is 0 Å². The van der Waals surface area contributed by atoms with Gasteiger partial charge in [-0.2, -0.15) is 4.39 Å². The van der Waals surface area contributed by atoms with Gasteiger partial charge in [-0.3, -0.25) is 4.79 Å². The molecule has 0 spiro atoms. The van der Waals surface area contributed by atoms with Crippen LogP contribution in [0.2, 0.25) is 0 Å². The molecule has 1 atom stereocenters. The molecule has 3 nitrogen and oxygen atoms in total. The second kappa shape index (κ2) is 5.21. The summed E-state index contributed by atoms with van der Waals surface area (Å²) in [7, 11) is 0. The van der Waals surface area contributed by atoms with Crippen LogP contribution in [0.3, 0.4) is 0 Å². The fraction of sp³-hybridized carbons (Fsp3) is 0.400. The van der Waals surface area contributed by atoms with E-state index in [2.05, 4.69) is 26.2 Å². The zero-order chi connectivity index (χ0) is 11.4. The summed E-state index contributed by atoms with van der Waals surface area (Å²) in [5.74, 6) is -0.435. The molecule has 0 radical (unpaired) electrons. The smallest absolute Gasteiger partial charge is 0.239 e. The van der Waals surface area contributed by atoms with Gasteiger partial charge in [0, 0.05) is 0 Å². The lowest BCUT2D eigenvalue weighted by Gasteiger charge is -2.12. The minimum atomic E-state index is -0.608. The van der Waals surface area contributed by atoms with Crippen molar-refractivity contribution in [3.63, 3.8) is 0 Å². The molecule has 1 N–H and O–H groups in total. The van der Waals surface area contributed by atoms with Gasteiger partial charge in [-0.05, 0) is 18.1 Å². The molecule has 0 aliphatic heterocycles. The number of halogens is 2. The summed E-state index contributed by atoms with van der Waals surface area (Å²) in [5, 5.41) is 2.53. The van der Waals surface area contributed by atoms with E-state index < -0.39 is 5.95 Å². The van der Waals surface area contributed by atoms with Gasteiger partial charge in [0.25, 0.3) is 0 Å². The third-order valence-corrected chi connectivity index (χ3v) is 3.28. The number of rotatable bonds is 3. The number of hydrogen-bond donors (Lipinski definition) is 1. The van der Waals surface area contributed by atoms with Crippen LogP contribution in [0.15, 0.2) is 18.2 Å². The van der Waals surface area contributed by atoms with Crippen LogP contribution < -0.4 is 5.32 Å². The molecule has 1 aromatic rings. The molecule has 1 rings (SSSR count). The van der Waals surface area contributed by atoms with Crippen molar-refractivity contribution in [2.75, 3.05) is 5.32 Å².